The molecule has 0 aromatic heterocycles. The van der Waals surface area contributed by atoms with Crippen molar-refractivity contribution < 1.29 is 22.7 Å². The molecule has 0 radical (unpaired) electrons. The molecule has 1 unspecified atom stereocenters. The highest BCUT2D eigenvalue weighted by atomic mass is 32.2. The summed E-state index contributed by atoms with van der Waals surface area (Å²) in [6, 6.07) is 7.86. The van der Waals surface area contributed by atoms with Crippen molar-refractivity contribution in [3.63, 3.8) is 0 Å². The average molecular weight is 298 g/mol. The third kappa shape index (κ3) is 4.13. The summed E-state index contributed by atoms with van der Waals surface area (Å²) in [5.41, 5.74) is 0.233. The SMILES string of the molecule is COC(=O)C(C)S(=O)(=O)Nc1cccc(OCC#N)c1. The van der Waals surface area contributed by atoms with Gasteiger partial charge in [0.2, 0.25) is 10.0 Å². The number of hydrogen-bond donors (Lipinski definition) is 1. The van der Waals surface area contributed by atoms with Crippen LogP contribution in [0.3, 0.4) is 0 Å². The minimum absolute atomic E-state index is 0.144. The molecule has 0 heterocycles. The van der Waals surface area contributed by atoms with E-state index in [1.807, 2.05) is 0 Å². The van der Waals surface area contributed by atoms with Crippen LogP contribution in [0.1, 0.15) is 6.92 Å². The van der Waals surface area contributed by atoms with Crippen LogP contribution in [-0.4, -0.2) is 33.4 Å². The number of nitrogens with one attached hydrogen (secondary N) is 1. The van der Waals surface area contributed by atoms with Crippen LogP contribution >= 0.6 is 0 Å². The summed E-state index contributed by atoms with van der Waals surface area (Å²) < 4.78 is 35.5. The van der Waals surface area contributed by atoms with E-state index in [0.29, 0.717) is 5.75 Å². The first kappa shape index (κ1) is 15.8. The Kier molecular flexibility index (Phi) is 5.34. The molecule has 108 valence electrons. The van der Waals surface area contributed by atoms with Gasteiger partial charge >= 0.3 is 5.97 Å². The molecule has 20 heavy (non-hydrogen) atoms. The quantitative estimate of drug-likeness (QED) is 0.782. The fourth-order valence-corrected chi connectivity index (χ4v) is 2.29. The predicted molar refractivity (Wildman–Crippen MR) is 71.6 cm³/mol. The molecule has 1 N–H and O–H groups in total. The molecular weight excluding hydrogens is 284 g/mol. The van der Waals surface area contributed by atoms with Crippen molar-refractivity contribution in [1.82, 2.24) is 0 Å². The average Bonchev–Trinajstić information content (AvgIpc) is 2.43. The van der Waals surface area contributed by atoms with Gasteiger partial charge in [0.25, 0.3) is 0 Å². The summed E-state index contributed by atoms with van der Waals surface area (Å²) >= 11 is 0. The van der Waals surface area contributed by atoms with Crippen LogP contribution in [0.2, 0.25) is 0 Å². The van der Waals surface area contributed by atoms with Gasteiger partial charge in [-0.25, -0.2) is 8.42 Å². The number of nitrogens with zero attached hydrogens (tertiary/aromatic N) is 1. The minimum atomic E-state index is -3.91. The molecule has 1 aromatic carbocycles. The molecule has 0 fully saturated rings. The largest absolute Gasteiger partial charge is 0.479 e. The Hall–Kier alpha value is -2.27. The lowest BCUT2D eigenvalue weighted by atomic mass is 10.3. The minimum Gasteiger partial charge on any atom is -0.479 e. The molecule has 7 nitrogen and oxygen atoms in total. The number of sulfonamides is 1. The molecule has 1 rings (SSSR count). The van der Waals surface area contributed by atoms with E-state index in [9.17, 15) is 13.2 Å². The number of ether oxygens (including phenoxy) is 2. The number of carbonyl (C=O) groups excluding carboxylic acids is 1. The molecule has 0 aliphatic heterocycles. The van der Waals surface area contributed by atoms with Gasteiger partial charge in [-0.2, -0.15) is 5.26 Å². The maximum absolute atomic E-state index is 11.9. The van der Waals surface area contributed by atoms with Gasteiger partial charge in [0, 0.05) is 6.07 Å². The number of rotatable bonds is 6. The van der Waals surface area contributed by atoms with Crippen LogP contribution in [0.5, 0.6) is 5.75 Å². The topological polar surface area (TPSA) is 105 Å². The Bertz CT molecular complexity index is 621. The van der Waals surface area contributed by atoms with E-state index in [4.69, 9.17) is 10.00 Å². The summed E-state index contributed by atoms with van der Waals surface area (Å²) in [6.45, 7) is 1.08. The molecular formula is C12H14N2O5S. The summed E-state index contributed by atoms with van der Waals surface area (Å²) in [5.74, 6) is -0.508. The van der Waals surface area contributed by atoms with E-state index in [1.54, 1.807) is 18.2 Å². The molecule has 0 saturated heterocycles. The summed E-state index contributed by atoms with van der Waals surface area (Å²) in [6.07, 6.45) is 0. The Labute approximate surface area is 117 Å². The van der Waals surface area contributed by atoms with E-state index in [1.165, 1.54) is 19.1 Å². The summed E-state index contributed by atoms with van der Waals surface area (Å²) in [7, 11) is -2.79. The second kappa shape index (κ2) is 6.77. The third-order valence-electron chi connectivity index (χ3n) is 2.40. The number of hydrogen-bond acceptors (Lipinski definition) is 6. The summed E-state index contributed by atoms with van der Waals surface area (Å²) in [4.78, 5) is 11.3. The van der Waals surface area contributed by atoms with Crippen LogP contribution in [0.15, 0.2) is 24.3 Å². The van der Waals surface area contributed by atoms with Crippen molar-refractivity contribution in [2.24, 2.45) is 0 Å². The highest BCUT2D eigenvalue weighted by Gasteiger charge is 2.28. The smallest absolute Gasteiger partial charge is 0.325 e. The summed E-state index contributed by atoms with van der Waals surface area (Å²) in [5, 5.41) is 7.07. The predicted octanol–water partition coefficient (Wildman–Crippen LogP) is 0.892. The van der Waals surface area contributed by atoms with Gasteiger partial charge in [-0.15, -0.1) is 0 Å². The standard InChI is InChI=1S/C12H14N2O5S/c1-9(12(15)18-2)20(16,17)14-10-4-3-5-11(8-10)19-7-6-13/h3-5,8-9,14H,7H2,1-2H3. The highest BCUT2D eigenvalue weighted by molar-refractivity contribution is 7.94. The fourth-order valence-electron chi connectivity index (χ4n) is 1.31. The van der Waals surface area contributed by atoms with Crippen molar-refractivity contribution in [2.75, 3.05) is 18.4 Å². The Balaban J connectivity index is 2.87. The van der Waals surface area contributed by atoms with Crippen molar-refractivity contribution in [1.29, 1.82) is 5.26 Å². The fraction of sp³-hybridized carbons (Fsp3) is 0.333. The number of nitriles is 1. The van der Waals surface area contributed by atoms with E-state index < -0.39 is 21.2 Å². The molecule has 0 amide bonds. The first-order valence-electron chi connectivity index (χ1n) is 5.60. The molecule has 0 saturated carbocycles. The highest BCUT2D eigenvalue weighted by Crippen LogP contribution is 2.19. The lowest BCUT2D eigenvalue weighted by molar-refractivity contribution is -0.139. The van der Waals surface area contributed by atoms with Crippen molar-refractivity contribution in [2.45, 2.75) is 12.2 Å². The van der Waals surface area contributed by atoms with Gasteiger partial charge in [0.05, 0.1) is 12.8 Å². The van der Waals surface area contributed by atoms with E-state index in [-0.39, 0.29) is 12.3 Å². The first-order chi connectivity index (χ1) is 9.40. The maximum Gasteiger partial charge on any atom is 0.325 e. The van der Waals surface area contributed by atoms with Crippen LogP contribution in [0.25, 0.3) is 0 Å². The second-order valence-electron chi connectivity index (χ2n) is 3.79. The van der Waals surface area contributed by atoms with Crippen molar-refractivity contribution in [3.05, 3.63) is 24.3 Å². The Morgan fingerprint density at radius 2 is 2.20 bits per heavy atom. The first-order valence-corrected chi connectivity index (χ1v) is 7.14. The van der Waals surface area contributed by atoms with E-state index in [2.05, 4.69) is 9.46 Å². The van der Waals surface area contributed by atoms with Crippen LogP contribution in [0.4, 0.5) is 5.69 Å². The van der Waals surface area contributed by atoms with Gasteiger partial charge in [-0.05, 0) is 19.1 Å². The van der Waals surface area contributed by atoms with Gasteiger partial charge in [0.1, 0.15) is 11.8 Å². The van der Waals surface area contributed by atoms with Gasteiger partial charge in [-0.3, -0.25) is 9.52 Å². The zero-order valence-corrected chi connectivity index (χ0v) is 11.8. The van der Waals surface area contributed by atoms with E-state index >= 15 is 0 Å². The van der Waals surface area contributed by atoms with Crippen LogP contribution < -0.4 is 9.46 Å². The lowest BCUT2D eigenvalue weighted by Gasteiger charge is -2.13. The van der Waals surface area contributed by atoms with Gasteiger partial charge in [0.15, 0.2) is 11.9 Å². The Morgan fingerprint density at radius 1 is 1.50 bits per heavy atom. The van der Waals surface area contributed by atoms with Crippen molar-refractivity contribution in [3.8, 4) is 11.8 Å². The molecule has 1 atom stereocenters. The normalized spacial score (nSPS) is 12.1. The Morgan fingerprint density at radius 3 is 2.80 bits per heavy atom. The van der Waals surface area contributed by atoms with Crippen LogP contribution in [0, 0.1) is 11.3 Å². The van der Waals surface area contributed by atoms with Gasteiger partial charge < -0.3 is 9.47 Å². The number of methoxy groups -OCH3 is 1. The monoisotopic (exact) mass is 298 g/mol. The van der Waals surface area contributed by atoms with Gasteiger partial charge in [-0.1, -0.05) is 6.07 Å². The number of benzene rings is 1. The number of anilines is 1. The van der Waals surface area contributed by atoms with E-state index in [0.717, 1.165) is 7.11 Å². The lowest BCUT2D eigenvalue weighted by Crippen LogP contribution is -2.33. The number of esters is 1. The molecule has 0 spiro atoms. The second-order valence-corrected chi connectivity index (χ2v) is 5.79. The zero-order valence-electron chi connectivity index (χ0n) is 11.0. The molecule has 0 aliphatic rings. The molecule has 0 bridgehead atoms. The number of carbonyl (C=O) groups is 1. The zero-order chi connectivity index (χ0) is 15.2. The van der Waals surface area contributed by atoms with Crippen LogP contribution in [-0.2, 0) is 19.6 Å². The van der Waals surface area contributed by atoms with Crippen molar-refractivity contribution >= 4 is 21.7 Å². The molecule has 1 aromatic rings. The molecule has 8 heteroatoms. The third-order valence-corrected chi connectivity index (χ3v) is 4.04. The molecule has 0 aliphatic carbocycles. The maximum atomic E-state index is 11.9.